The van der Waals surface area contributed by atoms with E-state index in [0.717, 1.165) is 56.9 Å². The van der Waals surface area contributed by atoms with Crippen LogP contribution in [0.4, 0.5) is 4.79 Å². The number of ether oxygens (including phenoxy) is 1. The van der Waals surface area contributed by atoms with Gasteiger partial charge in [0.25, 0.3) is 5.91 Å². The van der Waals surface area contributed by atoms with E-state index in [0.29, 0.717) is 6.54 Å². The maximum atomic E-state index is 14.4. The van der Waals surface area contributed by atoms with E-state index in [-0.39, 0.29) is 46.3 Å². The van der Waals surface area contributed by atoms with Crippen molar-refractivity contribution < 1.29 is 37.1 Å². The van der Waals surface area contributed by atoms with Crippen LogP contribution in [0.3, 0.4) is 0 Å². The van der Waals surface area contributed by atoms with E-state index in [2.05, 4.69) is 29.8 Å². The minimum atomic E-state index is -3.91. The number of fused-ring (bicyclic) bond motifs is 1. The maximum absolute atomic E-state index is 14.4. The first-order chi connectivity index (χ1) is 23.4. The number of nitrogens with zero attached hydrogens (tertiary/aromatic N) is 1. The van der Waals surface area contributed by atoms with Gasteiger partial charge in [0.05, 0.1) is 10.9 Å². The Kier molecular flexibility index (Phi) is 11.1. The third kappa shape index (κ3) is 8.51. The summed E-state index contributed by atoms with van der Waals surface area (Å²) in [6.07, 6.45) is 6.71. The molecule has 1 unspecified atom stereocenters. The molecule has 13 heteroatoms. The van der Waals surface area contributed by atoms with Crippen molar-refractivity contribution in [1.29, 1.82) is 0 Å². The number of hydrogen-bond acceptors (Lipinski definition) is 8. The average Bonchev–Trinajstić information content (AvgIpc) is 3.33. The molecule has 3 saturated carbocycles. The Morgan fingerprint density at radius 2 is 1.58 bits per heavy atom. The SMILES string of the molecule is Cc1ccc(S(=O)(=O)CNC(=O)C(=O)C(CC2CCC2)NC(=O)[C@@H]2[C@@H]3[C@H](CN2C(=O)[C@@H](NC(=O)OC(C)(C)C)C2CCCCC2)C3(C)C)cc1. The number of sulfone groups is 1. The molecule has 1 aromatic carbocycles. The van der Waals surface area contributed by atoms with Gasteiger partial charge in [0.15, 0.2) is 9.84 Å². The highest BCUT2D eigenvalue weighted by Gasteiger charge is 2.69. The highest BCUT2D eigenvalue weighted by Crippen LogP contribution is 2.65. The van der Waals surface area contributed by atoms with Crippen LogP contribution in [0.25, 0.3) is 0 Å². The minimum absolute atomic E-state index is 0.0236. The van der Waals surface area contributed by atoms with E-state index >= 15 is 0 Å². The van der Waals surface area contributed by atoms with Gasteiger partial charge in [0, 0.05) is 6.54 Å². The largest absolute Gasteiger partial charge is 0.444 e. The van der Waals surface area contributed by atoms with Crippen LogP contribution in [0, 0.1) is 36.0 Å². The Morgan fingerprint density at radius 1 is 0.940 bits per heavy atom. The number of benzene rings is 1. The molecule has 12 nitrogen and oxygen atoms in total. The molecule has 1 aromatic rings. The Morgan fingerprint density at radius 3 is 2.16 bits per heavy atom. The summed E-state index contributed by atoms with van der Waals surface area (Å²) in [6.45, 7) is 11.5. The third-order valence-electron chi connectivity index (χ3n) is 11.3. The van der Waals surface area contributed by atoms with Crippen molar-refractivity contribution in [2.45, 2.75) is 128 Å². The fourth-order valence-corrected chi connectivity index (χ4v) is 9.10. The van der Waals surface area contributed by atoms with Gasteiger partial charge in [-0.1, -0.05) is 70.1 Å². The monoisotopic (exact) mass is 714 g/mol. The standard InChI is InChI=1S/C37H54N4O8S/c1-22-15-17-25(18-16-22)50(47,48)21-38-33(44)31(42)27(19-23-11-10-12-23)39-32(43)30-28-26(37(28,5)6)20-41(30)34(45)29(24-13-8-7-9-14-24)40-35(46)49-36(2,3)4/h15-18,23-24,26-30H,7-14,19-21H2,1-6H3,(H,38,44)(H,39,43)(H,40,46)/t26-,27?,28-,29-,30-/m0/s1. The van der Waals surface area contributed by atoms with E-state index in [4.69, 9.17) is 4.74 Å². The first-order valence-corrected chi connectivity index (χ1v) is 19.8. The molecular formula is C37H54N4O8S. The highest BCUT2D eigenvalue weighted by atomic mass is 32.2. The summed E-state index contributed by atoms with van der Waals surface area (Å²) >= 11 is 0. The Hall–Kier alpha value is -3.48. The lowest BCUT2D eigenvalue weighted by molar-refractivity contribution is -0.145. The number of rotatable bonds is 12. The number of Topliss-reactive ketones (excluding diaryl/α,β-unsaturated/α-hetero) is 1. The summed E-state index contributed by atoms with van der Waals surface area (Å²) in [4.78, 5) is 69.9. The summed E-state index contributed by atoms with van der Waals surface area (Å²) in [5.41, 5.74) is -0.0946. The van der Waals surface area contributed by atoms with Crippen LogP contribution in [0.2, 0.25) is 0 Å². The van der Waals surface area contributed by atoms with Gasteiger partial charge < -0.3 is 25.6 Å². The molecule has 5 atom stereocenters. The number of likely N-dealkylation sites (tertiary alicyclic amines) is 1. The van der Waals surface area contributed by atoms with Crippen LogP contribution in [0.1, 0.15) is 98.0 Å². The van der Waals surface area contributed by atoms with Crippen LogP contribution in [0.5, 0.6) is 0 Å². The van der Waals surface area contributed by atoms with Gasteiger partial charge in [0.2, 0.25) is 17.6 Å². The van der Waals surface area contributed by atoms with Gasteiger partial charge in [-0.2, -0.15) is 0 Å². The van der Waals surface area contributed by atoms with Crippen molar-refractivity contribution in [2.24, 2.45) is 29.1 Å². The second-order valence-electron chi connectivity index (χ2n) is 16.4. The molecule has 4 fully saturated rings. The van der Waals surface area contributed by atoms with Crippen molar-refractivity contribution in [1.82, 2.24) is 20.9 Å². The van der Waals surface area contributed by atoms with Crippen molar-refractivity contribution in [3.05, 3.63) is 29.8 Å². The summed E-state index contributed by atoms with van der Waals surface area (Å²) < 4.78 is 31.2. The summed E-state index contributed by atoms with van der Waals surface area (Å²) in [6, 6.07) is 3.26. The fraction of sp³-hybridized carbons (Fsp3) is 0.703. The molecule has 1 heterocycles. The molecular weight excluding hydrogens is 660 g/mol. The summed E-state index contributed by atoms with van der Waals surface area (Å²) in [5.74, 6) is -3.70. The molecule has 4 aliphatic rings. The van der Waals surface area contributed by atoms with Crippen LogP contribution < -0.4 is 16.0 Å². The number of piperidine rings is 1. The van der Waals surface area contributed by atoms with Gasteiger partial charge >= 0.3 is 6.09 Å². The number of carbonyl (C=O) groups is 5. The summed E-state index contributed by atoms with van der Waals surface area (Å²) in [5, 5.41) is 7.95. The topological polar surface area (TPSA) is 168 Å². The Balaban J connectivity index is 1.33. The number of carbonyl (C=O) groups excluding carboxylic acids is 5. The normalized spacial score (nSPS) is 24.6. The van der Waals surface area contributed by atoms with Gasteiger partial charge in [0.1, 0.15) is 23.6 Å². The number of hydrogen-bond donors (Lipinski definition) is 3. The average molecular weight is 715 g/mol. The smallest absolute Gasteiger partial charge is 0.408 e. The number of aryl methyl sites for hydroxylation is 1. The van der Waals surface area contributed by atoms with E-state index in [9.17, 15) is 32.4 Å². The van der Waals surface area contributed by atoms with Crippen molar-refractivity contribution in [3.8, 4) is 0 Å². The molecule has 0 aromatic heterocycles. The van der Waals surface area contributed by atoms with Crippen LogP contribution in [-0.4, -0.2) is 79.1 Å². The maximum Gasteiger partial charge on any atom is 0.408 e. The third-order valence-corrected chi connectivity index (χ3v) is 12.8. The van der Waals surface area contributed by atoms with Crippen molar-refractivity contribution >= 4 is 39.4 Å². The molecule has 3 N–H and O–H groups in total. The van der Waals surface area contributed by atoms with Gasteiger partial charge in [-0.25, -0.2) is 13.2 Å². The molecule has 0 bridgehead atoms. The minimum Gasteiger partial charge on any atom is -0.444 e. The Bertz CT molecular complexity index is 1570. The van der Waals surface area contributed by atoms with Gasteiger partial charge in [-0.05, 0) is 88.2 Å². The van der Waals surface area contributed by atoms with Gasteiger partial charge in [-0.3, -0.25) is 19.2 Å². The molecule has 1 aliphatic heterocycles. The first kappa shape index (κ1) is 37.8. The zero-order valence-electron chi connectivity index (χ0n) is 30.3. The molecule has 0 spiro atoms. The molecule has 1 saturated heterocycles. The number of nitrogens with one attached hydrogen (secondary N) is 3. The zero-order valence-corrected chi connectivity index (χ0v) is 31.1. The van der Waals surface area contributed by atoms with E-state index in [1.807, 2.05) is 6.92 Å². The van der Waals surface area contributed by atoms with Crippen molar-refractivity contribution in [2.75, 3.05) is 12.4 Å². The van der Waals surface area contributed by atoms with E-state index in [1.165, 1.54) is 12.1 Å². The van der Waals surface area contributed by atoms with Crippen molar-refractivity contribution in [3.63, 3.8) is 0 Å². The first-order valence-electron chi connectivity index (χ1n) is 18.1. The predicted octanol–water partition coefficient (Wildman–Crippen LogP) is 4.04. The molecule has 4 amide bonds. The molecule has 0 radical (unpaired) electrons. The lowest BCUT2D eigenvalue weighted by atomic mass is 9.80. The van der Waals surface area contributed by atoms with Crippen LogP contribution >= 0.6 is 0 Å². The Labute approximate surface area is 296 Å². The lowest BCUT2D eigenvalue weighted by Crippen LogP contribution is -2.60. The fourth-order valence-electron chi connectivity index (χ4n) is 8.06. The quantitative estimate of drug-likeness (QED) is 0.273. The second-order valence-corrected chi connectivity index (χ2v) is 18.4. The summed E-state index contributed by atoms with van der Waals surface area (Å²) in [7, 11) is -3.91. The zero-order chi connectivity index (χ0) is 36.6. The van der Waals surface area contributed by atoms with Crippen LogP contribution in [-0.2, 0) is 33.8 Å². The highest BCUT2D eigenvalue weighted by molar-refractivity contribution is 7.91. The van der Waals surface area contributed by atoms with E-state index < -0.39 is 63.1 Å². The van der Waals surface area contributed by atoms with E-state index in [1.54, 1.807) is 37.8 Å². The number of ketones is 1. The number of alkyl carbamates (subject to hydrolysis) is 1. The lowest BCUT2D eigenvalue weighted by Gasteiger charge is -2.37. The molecule has 50 heavy (non-hydrogen) atoms. The number of amides is 4. The predicted molar refractivity (Wildman–Crippen MR) is 186 cm³/mol. The molecule has 276 valence electrons. The second kappa shape index (κ2) is 14.6. The molecule has 5 rings (SSSR count). The molecule has 3 aliphatic carbocycles. The van der Waals surface area contributed by atoms with Crippen LogP contribution in [0.15, 0.2) is 29.2 Å². The van der Waals surface area contributed by atoms with Gasteiger partial charge in [-0.15, -0.1) is 0 Å².